The first kappa shape index (κ1) is 15.2. The molecule has 1 amide bonds. The van der Waals surface area contributed by atoms with Crippen LogP contribution in [0.25, 0.3) is 10.9 Å². The van der Waals surface area contributed by atoms with Gasteiger partial charge in [-0.2, -0.15) is 5.10 Å². The van der Waals surface area contributed by atoms with Crippen LogP contribution in [0.5, 0.6) is 0 Å². The summed E-state index contributed by atoms with van der Waals surface area (Å²) in [5.41, 5.74) is 1.19. The number of nitrogens with zero attached hydrogens (tertiary/aromatic N) is 2. The number of carbonyl (C=O) groups is 1. The summed E-state index contributed by atoms with van der Waals surface area (Å²) in [7, 11) is 0. The summed E-state index contributed by atoms with van der Waals surface area (Å²) in [4.78, 5) is 12.7. The summed E-state index contributed by atoms with van der Waals surface area (Å²) >= 11 is 0. The van der Waals surface area contributed by atoms with Crippen LogP contribution < -0.4 is 5.32 Å². The maximum Gasteiger partial charge on any atom is 0.235 e. The van der Waals surface area contributed by atoms with E-state index in [0.29, 0.717) is 28.2 Å². The van der Waals surface area contributed by atoms with Crippen molar-refractivity contribution in [1.82, 2.24) is 15.4 Å². The highest BCUT2D eigenvalue weighted by Crippen LogP contribution is 2.31. The van der Waals surface area contributed by atoms with E-state index in [0.717, 1.165) is 5.56 Å². The molecule has 120 valence electrons. The first-order valence-electron chi connectivity index (χ1n) is 7.19. The number of hydrogen-bond acceptors (Lipinski definition) is 4. The van der Waals surface area contributed by atoms with Crippen LogP contribution in [0.3, 0.4) is 0 Å². The molecule has 0 fully saturated rings. The van der Waals surface area contributed by atoms with Crippen molar-refractivity contribution in [2.24, 2.45) is 0 Å². The number of hydrogen-bond donors (Lipinski definition) is 2. The van der Waals surface area contributed by atoms with E-state index < -0.39 is 5.41 Å². The number of fused-ring (bicyclic) bond motifs is 1. The molecule has 0 aliphatic rings. The number of benzene rings is 1. The second-order valence-corrected chi connectivity index (χ2v) is 6.04. The fourth-order valence-electron chi connectivity index (χ4n) is 2.83. The van der Waals surface area contributed by atoms with Crippen LogP contribution in [0.15, 0.2) is 22.7 Å². The Morgan fingerprint density at radius 3 is 2.74 bits per heavy atom. The average molecular weight is 316 g/mol. The van der Waals surface area contributed by atoms with Crippen molar-refractivity contribution < 1.29 is 13.7 Å². The molecule has 1 aromatic carbocycles. The number of aromatic nitrogens is 3. The molecule has 0 saturated heterocycles. The van der Waals surface area contributed by atoms with Crippen LogP contribution >= 0.6 is 0 Å². The molecule has 3 rings (SSSR count). The Balaban J connectivity index is 1.95. The van der Waals surface area contributed by atoms with Crippen molar-refractivity contribution in [3.8, 4) is 0 Å². The van der Waals surface area contributed by atoms with E-state index in [1.807, 2.05) is 0 Å². The first-order valence-corrected chi connectivity index (χ1v) is 7.19. The number of carbonyl (C=O) groups excluding carboxylic acids is 1. The van der Waals surface area contributed by atoms with Crippen molar-refractivity contribution in [3.63, 3.8) is 0 Å². The standard InChI is InChI=1S/C16H17FN4O2/c1-8-13(9(2)23-21-8)16(3,4)15(22)18-14-11-7-10(17)5-6-12(11)19-20-14/h5-7H,1-4H3,(H2,18,19,20,22). The lowest BCUT2D eigenvalue weighted by Gasteiger charge is -2.23. The van der Waals surface area contributed by atoms with Gasteiger partial charge in [0.15, 0.2) is 5.82 Å². The first-order chi connectivity index (χ1) is 10.8. The Labute approximate surface area is 132 Å². The summed E-state index contributed by atoms with van der Waals surface area (Å²) in [5, 5.41) is 14.0. The number of anilines is 1. The molecule has 2 aromatic heterocycles. The highest BCUT2D eigenvalue weighted by atomic mass is 19.1. The summed E-state index contributed by atoms with van der Waals surface area (Å²) in [6.45, 7) is 7.12. The van der Waals surface area contributed by atoms with Gasteiger partial charge in [-0.15, -0.1) is 0 Å². The smallest absolute Gasteiger partial charge is 0.235 e. The van der Waals surface area contributed by atoms with Gasteiger partial charge in [-0.3, -0.25) is 9.89 Å². The van der Waals surface area contributed by atoms with E-state index in [4.69, 9.17) is 4.52 Å². The minimum absolute atomic E-state index is 0.274. The summed E-state index contributed by atoms with van der Waals surface area (Å²) in [5.74, 6) is 0.230. The van der Waals surface area contributed by atoms with Gasteiger partial charge in [0.2, 0.25) is 5.91 Å². The molecule has 2 N–H and O–H groups in total. The van der Waals surface area contributed by atoms with Gasteiger partial charge < -0.3 is 9.84 Å². The Kier molecular flexibility index (Phi) is 3.43. The molecule has 0 unspecified atom stereocenters. The van der Waals surface area contributed by atoms with E-state index in [1.54, 1.807) is 33.8 Å². The molecule has 0 radical (unpaired) electrons. The Bertz CT molecular complexity index is 875. The number of aromatic amines is 1. The molecule has 2 heterocycles. The third-order valence-electron chi connectivity index (χ3n) is 3.98. The van der Waals surface area contributed by atoms with Gasteiger partial charge in [0.05, 0.1) is 16.6 Å². The second kappa shape index (κ2) is 5.19. The minimum Gasteiger partial charge on any atom is -0.361 e. The van der Waals surface area contributed by atoms with Gasteiger partial charge >= 0.3 is 0 Å². The van der Waals surface area contributed by atoms with Crippen LogP contribution in [0, 0.1) is 19.7 Å². The molecule has 3 aromatic rings. The summed E-state index contributed by atoms with van der Waals surface area (Å²) < 4.78 is 18.6. The number of nitrogens with one attached hydrogen (secondary N) is 2. The van der Waals surface area contributed by atoms with Gasteiger partial charge in [0, 0.05) is 10.9 Å². The maximum absolute atomic E-state index is 13.4. The lowest BCUT2D eigenvalue weighted by atomic mass is 9.82. The highest BCUT2D eigenvalue weighted by Gasteiger charge is 2.36. The fraction of sp³-hybridized carbons (Fsp3) is 0.312. The highest BCUT2D eigenvalue weighted by molar-refractivity contribution is 6.03. The predicted octanol–water partition coefficient (Wildman–Crippen LogP) is 3.22. The van der Waals surface area contributed by atoms with Crippen molar-refractivity contribution >= 4 is 22.6 Å². The second-order valence-electron chi connectivity index (χ2n) is 6.04. The largest absolute Gasteiger partial charge is 0.361 e. The number of amides is 1. The van der Waals surface area contributed by atoms with Gasteiger partial charge in [-0.25, -0.2) is 4.39 Å². The maximum atomic E-state index is 13.4. The average Bonchev–Trinajstić information content (AvgIpc) is 3.03. The molecule has 0 atom stereocenters. The third-order valence-corrected chi connectivity index (χ3v) is 3.98. The van der Waals surface area contributed by atoms with Crippen LogP contribution in [0.4, 0.5) is 10.2 Å². The summed E-state index contributed by atoms with van der Waals surface area (Å²) in [6, 6.07) is 4.24. The number of rotatable bonds is 3. The molecule has 0 saturated carbocycles. The summed E-state index contributed by atoms with van der Waals surface area (Å²) in [6.07, 6.45) is 0. The number of aryl methyl sites for hydroxylation is 2. The van der Waals surface area contributed by atoms with Gasteiger partial charge in [-0.1, -0.05) is 5.16 Å². The van der Waals surface area contributed by atoms with Crippen molar-refractivity contribution in [2.75, 3.05) is 5.32 Å². The third kappa shape index (κ3) is 2.48. The van der Waals surface area contributed by atoms with Crippen LogP contribution in [0.2, 0.25) is 0 Å². The van der Waals surface area contributed by atoms with Crippen LogP contribution in [-0.2, 0) is 10.2 Å². The van der Waals surface area contributed by atoms with Gasteiger partial charge in [0.1, 0.15) is 11.6 Å². The van der Waals surface area contributed by atoms with Gasteiger partial charge in [-0.05, 0) is 45.9 Å². The predicted molar refractivity (Wildman–Crippen MR) is 83.7 cm³/mol. The van der Waals surface area contributed by atoms with E-state index in [1.165, 1.54) is 12.1 Å². The van der Waals surface area contributed by atoms with Gasteiger partial charge in [0.25, 0.3) is 0 Å². The van der Waals surface area contributed by atoms with E-state index in [9.17, 15) is 9.18 Å². The monoisotopic (exact) mass is 316 g/mol. The number of H-pyrrole nitrogens is 1. The molecule has 0 aliphatic heterocycles. The molecule has 6 nitrogen and oxygen atoms in total. The minimum atomic E-state index is -0.868. The molecular weight excluding hydrogens is 299 g/mol. The fourth-order valence-corrected chi connectivity index (χ4v) is 2.83. The van der Waals surface area contributed by atoms with E-state index in [-0.39, 0.29) is 11.7 Å². The lowest BCUT2D eigenvalue weighted by molar-refractivity contribution is -0.120. The molecular formula is C16H17FN4O2. The normalized spacial score (nSPS) is 11.9. The van der Waals surface area contributed by atoms with Crippen molar-refractivity contribution in [3.05, 3.63) is 41.0 Å². The Morgan fingerprint density at radius 2 is 2.09 bits per heavy atom. The Hall–Kier alpha value is -2.70. The zero-order chi connectivity index (χ0) is 16.8. The van der Waals surface area contributed by atoms with Crippen LogP contribution in [-0.4, -0.2) is 21.3 Å². The number of halogens is 1. The molecule has 7 heteroatoms. The molecule has 23 heavy (non-hydrogen) atoms. The van der Waals surface area contributed by atoms with Crippen molar-refractivity contribution in [1.29, 1.82) is 0 Å². The quantitative estimate of drug-likeness (QED) is 0.777. The molecule has 0 spiro atoms. The zero-order valence-electron chi connectivity index (χ0n) is 13.3. The zero-order valence-corrected chi connectivity index (χ0v) is 13.3. The Morgan fingerprint density at radius 1 is 1.35 bits per heavy atom. The van der Waals surface area contributed by atoms with Crippen molar-refractivity contribution in [2.45, 2.75) is 33.1 Å². The van der Waals surface area contributed by atoms with E-state index in [2.05, 4.69) is 20.7 Å². The van der Waals surface area contributed by atoms with Crippen LogP contribution in [0.1, 0.15) is 30.9 Å². The molecule has 0 bridgehead atoms. The SMILES string of the molecule is Cc1noc(C)c1C(C)(C)C(=O)Nc1n[nH]c2ccc(F)cc12. The molecule has 0 aliphatic carbocycles. The topological polar surface area (TPSA) is 83.8 Å². The lowest BCUT2D eigenvalue weighted by Crippen LogP contribution is -2.35. The van der Waals surface area contributed by atoms with E-state index >= 15 is 0 Å².